The molecule has 0 spiro atoms. The molecule has 17 heavy (non-hydrogen) atoms. The molecule has 1 amide bonds. The number of nitrogens with one attached hydrogen (secondary N) is 1. The first-order valence-corrected chi connectivity index (χ1v) is 6.71. The van der Waals surface area contributed by atoms with Gasteiger partial charge in [0.1, 0.15) is 5.82 Å². The summed E-state index contributed by atoms with van der Waals surface area (Å²) in [6.07, 6.45) is 1.63. The fraction of sp³-hybridized carbons (Fsp3) is 0. The number of pyridine rings is 1. The molecule has 1 aromatic carbocycles. The molecule has 1 heterocycles. The number of carbonyl (C=O) groups is 1. The van der Waals surface area contributed by atoms with Gasteiger partial charge in [0.15, 0.2) is 0 Å². The van der Waals surface area contributed by atoms with E-state index in [1.54, 1.807) is 18.3 Å². The van der Waals surface area contributed by atoms with E-state index in [9.17, 15) is 4.79 Å². The van der Waals surface area contributed by atoms with Gasteiger partial charge in [-0.05, 0) is 46.9 Å². The highest BCUT2D eigenvalue weighted by molar-refractivity contribution is 14.1. The van der Waals surface area contributed by atoms with Crippen molar-refractivity contribution in [2.45, 2.75) is 0 Å². The number of amides is 1. The van der Waals surface area contributed by atoms with Crippen molar-refractivity contribution >= 4 is 50.2 Å². The molecule has 2 aromatic rings. The van der Waals surface area contributed by atoms with Crippen LogP contribution in [0.25, 0.3) is 0 Å². The molecule has 0 saturated heterocycles. The smallest absolute Gasteiger partial charge is 0.257 e. The van der Waals surface area contributed by atoms with Crippen LogP contribution in [-0.4, -0.2) is 10.9 Å². The van der Waals surface area contributed by atoms with Crippen molar-refractivity contribution in [3.63, 3.8) is 0 Å². The molecule has 1 aromatic heterocycles. The standard InChI is InChI=1S/C12H8BrIN2O/c13-8-5-6-15-11(7-8)16-12(17)9-3-1-2-4-10(9)14/h1-7H,(H,15,16,17). The SMILES string of the molecule is O=C(Nc1cc(Br)ccn1)c1ccccc1I. The maximum atomic E-state index is 12.0. The predicted octanol–water partition coefficient (Wildman–Crippen LogP) is 3.70. The lowest BCUT2D eigenvalue weighted by Gasteiger charge is -2.06. The van der Waals surface area contributed by atoms with Gasteiger partial charge in [-0.1, -0.05) is 28.1 Å². The van der Waals surface area contributed by atoms with Gasteiger partial charge in [0.05, 0.1) is 5.56 Å². The molecule has 5 heteroatoms. The number of benzene rings is 1. The highest BCUT2D eigenvalue weighted by atomic mass is 127. The third kappa shape index (κ3) is 3.26. The van der Waals surface area contributed by atoms with E-state index in [-0.39, 0.29) is 5.91 Å². The van der Waals surface area contributed by atoms with Gasteiger partial charge in [0.2, 0.25) is 0 Å². The van der Waals surface area contributed by atoms with Gasteiger partial charge >= 0.3 is 0 Å². The van der Waals surface area contributed by atoms with E-state index in [0.29, 0.717) is 11.4 Å². The lowest BCUT2D eigenvalue weighted by Crippen LogP contribution is -2.14. The summed E-state index contributed by atoms with van der Waals surface area (Å²) < 4.78 is 1.79. The summed E-state index contributed by atoms with van der Waals surface area (Å²) in [6.45, 7) is 0. The van der Waals surface area contributed by atoms with Crippen molar-refractivity contribution in [1.29, 1.82) is 0 Å². The Balaban J connectivity index is 2.20. The fourth-order valence-corrected chi connectivity index (χ4v) is 2.27. The van der Waals surface area contributed by atoms with Crippen molar-refractivity contribution < 1.29 is 4.79 Å². The lowest BCUT2D eigenvalue weighted by molar-refractivity contribution is 0.102. The number of nitrogens with zero attached hydrogens (tertiary/aromatic N) is 1. The van der Waals surface area contributed by atoms with Crippen LogP contribution in [0.1, 0.15) is 10.4 Å². The Kier molecular flexibility index (Phi) is 4.11. The van der Waals surface area contributed by atoms with Gasteiger partial charge in [0.25, 0.3) is 5.91 Å². The Labute approximate surface area is 121 Å². The number of halogens is 2. The van der Waals surface area contributed by atoms with Crippen LogP contribution < -0.4 is 5.32 Å². The third-order valence-electron chi connectivity index (χ3n) is 2.08. The van der Waals surface area contributed by atoms with E-state index >= 15 is 0 Å². The van der Waals surface area contributed by atoms with Gasteiger partial charge in [-0.25, -0.2) is 4.98 Å². The summed E-state index contributed by atoms with van der Waals surface area (Å²) in [5.74, 6) is 0.379. The quantitative estimate of drug-likeness (QED) is 0.778. The third-order valence-corrected chi connectivity index (χ3v) is 3.52. The van der Waals surface area contributed by atoms with Crippen molar-refractivity contribution in [1.82, 2.24) is 4.98 Å². The molecule has 0 unspecified atom stereocenters. The largest absolute Gasteiger partial charge is 0.307 e. The molecule has 0 fully saturated rings. The normalized spacial score (nSPS) is 10.0. The number of rotatable bonds is 2. The number of aromatic nitrogens is 1. The van der Waals surface area contributed by atoms with Crippen LogP contribution in [0.2, 0.25) is 0 Å². The second-order valence-electron chi connectivity index (χ2n) is 3.29. The molecule has 0 aliphatic rings. The number of hydrogen-bond donors (Lipinski definition) is 1. The van der Waals surface area contributed by atoms with Crippen LogP contribution in [0, 0.1) is 3.57 Å². The zero-order valence-corrected chi connectivity index (χ0v) is 12.4. The molecule has 0 aliphatic heterocycles. The van der Waals surface area contributed by atoms with Crippen LogP contribution >= 0.6 is 38.5 Å². The van der Waals surface area contributed by atoms with Crippen molar-refractivity contribution in [3.05, 3.63) is 56.2 Å². The molecule has 0 aliphatic carbocycles. The summed E-state index contributed by atoms with van der Waals surface area (Å²) in [6, 6.07) is 11.0. The average molecular weight is 403 g/mol. The van der Waals surface area contributed by atoms with Crippen LogP contribution in [0.4, 0.5) is 5.82 Å². The second-order valence-corrected chi connectivity index (χ2v) is 5.37. The molecule has 3 nitrogen and oxygen atoms in total. The number of carbonyl (C=O) groups excluding carboxylic acids is 1. The van der Waals surface area contributed by atoms with E-state index < -0.39 is 0 Å². The minimum Gasteiger partial charge on any atom is -0.307 e. The lowest BCUT2D eigenvalue weighted by atomic mass is 10.2. The van der Waals surface area contributed by atoms with Gasteiger partial charge in [-0.2, -0.15) is 0 Å². The minimum atomic E-state index is -0.152. The summed E-state index contributed by atoms with van der Waals surface area (Å²) >= 11 is 5.46. The molecular formula is C12H8BrIN2O. The number of anilines is 1. The highest BCUT2D eigenvalue weighted by Gasteiger charge is 2.09. The Morgan fingerprint density at radius 1 is 1.29 bits per heavy atom. The minimum absolute atomic E-state index is 0.152. The topological polar surface area (TPSA) is 42.0 Å². The van der Waals surface area contributed by atoms with Crippen molar-refractivity contribution in [2.24, 2.45) is 0 Å². The summed E-state index contributed by atoms with van der Waals surface area (Å²) in [4.78, 5) is 16.0. The maximum Gasteiger partial charge on any atom is 0.257 e. The van der Waals surface area contributed by atoms with E-state index in [2.05, 4.69) is 48.8 Å². The highest BCUT2D eigenvalue weighted by Crippen LogP contribution is 2.16. The monoisotopic (exact) mass is 402 g/mol. The van der Waals surface area contributed by atoms with Gasteiger partial charge in [0, 0.05) is 14.2 Å². The number of hydrogen-bond acceptors (Lipinski definition) is 2. The first-order chi connectivity index (χ1) is 8.16. The van der Waals surface area contributed by atoms with Crippen molar-refractivity contribution in [3.8, 4) is 0 Å². The van der Waals surface area contributed by atoms with E-state index in [4.69, 9.17) is 0 Å². The Bertz CT molecular complexity index is 560. The average Bonchev–Trinajstić information content (AvgIpc) is 2.29. The van der Waals surface area contributed by atoms with Gasteiger partial charge < -0.3 is 5.32 Å². The van der Waals surface area contributed by atoms with E-state index in [0.717, 1.165) is 8.04 Å². The first kappa shape index (κ1) is 12.5. The first-order valence-electron chi connectivity index (χ1n) is 4.84. The summed E-state index contributed by atoms with van der Waals surface area (Å²) in [7, 11) is 0. The second kappa shape index (κ2) is 5.59. The van der Waals surface area contributed by atoms with E-state index in [1.165, 1.54) is 0 Å². The molecule has 1 N–H and O–H groups in total. The predicted molar refractivity (Wildman–Crippen MR) is 79.0 cm³/mol. The Hall–Kier alpha value is -0.950. The Morgan fingerprint density at radius 3 is 2.76 bits per heavy atom. The molecule has 0 atom stereocenters. The van der Waals surface area contributed by atoms with Crippen LogP contribution in [0.3, 0.4) is 0 Å². The molecular weight excluding hydrogens is 395 g/mol. The van der Waals surface area contributed by atoms with Gasteiger partial charge in [-0.3, -0.25) is 4.79 Å². The van der Waals surface area contributed by atoms with Crippen LogP contribution in [-0.2, 0) is 0 Å². The summed E-state index contributed by atoms with van der Waals surface area (Å²) in [5.41, 5.74) is 0.648. The van der Waals surface area contributed by atoms with E-state index in [1.807, 2.05) is 24.3 Å². The molecule has 0 radical (unpaired) electrons. The molecule has 0 bridgehead atoms. The summed E-state index contributed by atoms with van der Waals surface area (Å²) in [5, 5.41) is 2.76. The van der Waals surface area contributed by atoms with Crippen LogP contribution in [0.5, 0.6) is 0 Å². The molecule has 2 rings (SSSR count). The molecule has 86 valence electrons. The van der Waals surface area contributed by atoms with Gasteiger partial charge in [-0.15, -0.1) is 0 Å². The fourth-order valence-electron chi connectivity index (χ4n) is 1.30. The molecule has 0 saturated carbocycles. The zero-order valence-electron chi connectivity index (χ0n) is 8.65. The maximum absolute atomic E-state index is 12.0. The zero-order chi connectivity index (χ0) is 12.3. The van der Waals surface area contributed by atoms with Crippen LogP contribution in [0.15, 0.2) is 47.1 Å². The Morgan fingerprint density at radius 2 is 2.06 bits per heavy atom. The van der Waals surface area contributed by atoms with Crippen molar-refractivity contribution in [2.75, 3.05) is 5.32 Å².